The first-order valence-electron chi connectivity index (χ1n) is 5.45. The lowest BCUT2D eigenvalue weighted by atomic mass is 10.2. The highest BCUT2D eigenvalue weighted by molar-refractivity contribution is 7.07. The van der Waals surface area contributed by atoms with Crippen LogP contribution < -0.4 is 5.32 Å². The van der Waals surface area contributed by atoms with Crippen molar-refractivity contribution in [3.8, 4) is 0 Å². The van der Waals surface area contributed by atoms with Gasteiger partial charge in [0.25, 0.3) is 0 Å². The summed E-state index contributed by atoms with van der Waals surface area (Å²) in [5, 5.41) is 5.55. The predicted octanol–water partition coefficient (Wildman–Crippen LogP) is 1.82. The molecule has 0 unspecified atom stereocenters. The Balaban J connectivity index is 2.06. The topological polar surface area (TPSA) is 28.2 Å². The summed E-state index contributed by atoms with van der Waals surface area (Å²) in [6, 6.07) is 0. The Labute approximate surface area is 96.5 Å². The van der Waals surface area contributed by atoms with E-state index in [1.54, 1.807) is 11.3 Å². The molecule has 0 saturated heterocycles. The van der Waals surface area contributed by atoms with E-state index in [1.165, 1.54) is 5.69 Å². The molecule has 1 heterocycles. The summed E-state index contributed by atoms with van der Waals surface area (Å²) in [6.45, 7) is 8.64. The molecular weight excluding hydrogens is 206 g/mol. The molecule has 0 radical (unpaired) electrons. The molecule has 1 N–H and O–H groups in total. The first kappa shape index (κ1) is 12.6. The summed E-state index contributed by atoms with van der Waals surface area (Å²) in [5.41, 5.74) is 3.06. The lowest BCUT2D eigenvalue weighted by molar-refractivity contribution is 0.318. The van der Waals surface area contributed by atoms with E-state index in [4.69, 9.17) is 0 Å². The van der Waals surface area contributed by atoms with E-state index in [1.807, 2.05) is 5.51 Å². The molecule has 15 heavy (non-hydrogen) atoms. The van der Waals surface area contributed by atoms with Gasteiger partial charge in [0, 0.05) is 25.0 Å². The first-order chi connectivity index (χ1) is 7.18. The van der Waals surface area contributed by atoms with Crippen LogP contribution >= 0.6 is 11.3 Å². The van der Waals surface area contributed by atoms with Crippen molar-refractivity contribution in [1.82, 2.24) is 15.2 Å². The lowest BCUT2D eigenvalue weighted by Gasteiger charge is -2.16. The fraction of sp³-hybridized carbons (Fsp3) is 0.727. The average Bonchev–Trinajstić information content (AvgIpc) is 2.64. The van der Waals surface area contributed by atoms with Crippen LogP contribution in [0.4, 0.5) is 0 Å². The Morgan fingerprint density at radius 2 is 2.33 bits per heavy atom. The molecule has 0 spiro atoms. The normalized spacial score (nSPS) is 11.5. The molecule has 0 fully saturated rings. The maximum absolute atomic E-state index is 4.27. The van der Waals surface area contributed by atoms with Crippen LogP contribution in [-0.4, -0.2) is 36.6 Å². The highest BCUT2D eigenvalue weighted by Crippen LogP contribution is 2.03. The molecule has 0 amide bonds. The minimum atomic E-state index is 0.730. The van der Waals surface area contributed by atoms with Gasteiger partial charge in [-0.15, -0.1) is 11.3 Å². The number of hydrogen-bond acceptors (Lipinski definition) is 4. The molecule has 1 aromatic heterocycles. The van der Waals surface area contributed by atoms with Crippen LogP contribution in [0.1, 0.15) is 19.5 Å². The summed E-state index contributed by atoms with van der Waals surface area (Å²) in [7, 11) is 2.14. The number of thiazole rings is 1. The van der Waals surface area contributed by atoms with Crippen molar-refractivity contribution in [2.45, 2.75) is 20.4 Å². The van der Waals surface area contributed by atoms with Crippen molar-refractivity contribution in [3.05, 3.63) is 16.6 Å². The van der Waals surface area contributed by atoms with Gasteiger partial charge in [0.05, 0.1) is 11.2 Å². The van der Waals surface area contributed by atoms with Gasteiger partial charge in [0.15, 0.2) is 0 Å². The van der Waals surface area contributed by atoms with E-state index >= 15 is 0 Å². The molecule has 0 aliphatic carbocycles. The Kier molecular flexibility index (Phi) is 5.83. The van der Waals surface area contributed by atoms with Crippen LogP contribution in [0.3, 0.4) is 0 Å². The first-order valence-corrected chi connectivity index (χ1v) is 6.39. The molecule has 3 nitrogen and oxygen atoms in total. The molecule has 0 atom stereocenters. The molecule has 1 rings (SSSR count). The van der Waals surface area contributed by atoms with Crippen LogP contribution in [0.15, 0.2) is 10.9 Å². The largest absolute Gasteiger partial charge is 0.315 e. The van der Waals surface area contributed by atoms with E-state index in [0.717, 1.165) is 32.1 Å². The maximum Gasteiger partial charge on any atom is 0.0795 e. The van der Waals surface area contributed by atoms with Gasteiger partial charge in [0.2, 0.25) is 0 Å². The average molecular weight is 227 g/mol. The molecule has 0 aromatic carbocycles. The number of aromatic nitrogens is 1. The minimum Gasteiger partial charge on any atom is -0.315 e. The van der Waals surface area contributed by atoms with Crippen molar-refractivity contribution < 1.29 is 0 Å². The highest BCUT2D eigenvalue weighted by Gasteiger charge is 2.01. The standard InChI is InChI=1S/C11H21N3S/c1-10(2)6-12-4-5-14(3)7-11-8-15-9-13-11/h8-10,12H,4-7H2,1-3H3. The SMILES string of the molecule is CC(C)CNCCN(C)Cc1cscn1. The van der Waals surface area contributed by atoms with Crippen molar-refractivity contribution in [2.75, 3.05) is 26.7 Å². The molecular formula is C11H21N3S. The fourth-order valence-corrected chi connectivity index (χ4v) is 1.88. The van der Waals surface area contributed by atoms with E-state index < -0.39 is 0 Å². The van der Waals surface area contributed by atoms with Gasteiger partial charge >= 0.3 is 0 Å². The van der Waals surface area contributed by atoms with Crippen LogP contribution in [0.5, 0.6) is 0 Å². The number of hydrogen-bond donors (Lipinski definition) is 1. The zero-order valence-corrected chi connectivity index (χ0v) is 10.7. The number of rotatable bonds is 7. The fourth-order valence-electron chi connectivity index (χ4n) is 1.33. The summed E-state index contributed by atoms with van der Waals surface area (Å²) in [5.74, 6) is 0.730. The van der Waals surface area contributed by atoms with Gasteiger partial charge in [-0.2, -0.15) is 0 Å². The second-order valence-corrected chi connectivity index (χ2v) is 5.03. The monoisotopic (exact) mass is 227 g/mol. The molecule has 1 aromatic rings. The summed E-state index contributed by atoms with van der Waals surface area (Å²) in [6.07, 6.45) is 0. The molecule has 0 saturated carbocycles. The third kappa shape index (κ3) is 5.87. The van der Waals surface area contributed by atoms with Gasteiger partial charge in [-0.1, -0.05) is 13.8 Å². The lowest BCUT2D eigenvalue weighted by Crippen LogP contribution is -2.30. The molecule has 0 aliphatic rings. The van der Waals surface area contributed by atoms with E-state index in [2.05, 4.69) is 41.5 Å². The second kappa shape index (κ2) is 6.93. The summed E-state index contributed by atoms with van der Waals surface area (Å²) >= 11 is 1.66. The van der Waals surface area contributed by atoms with E-state index in [9.17, 15) is 0 Å². The van der Waals surface area contributed by atoms with Crippen LogP contribution in [0, 0.1) is 5.92 Å². The molecule has 0 aliphatic heterocycles. The van der Waals surface area contributed by atoms with Crippen molar-refractivity contribution in [2.24, 2.45) is 5.92 Å². The smallest absolute Gasteiger partial charge is 0.0795 e. The predicted molar refractivity (Wildman–Crippen MR) is 66.2 cm³/mol. The quantitative estimate of drug-likeness (QED) is 0.720. The minimum absolute atomic E-state index is 0.730. The summed E-state index contributed by atoms with van der Waals surface area (Å²) < 4.78 is 0. The van der Waals surface area contributed by atoms with Crippen molar-refractivity contribution in [3.63, 3.8) is 0 Å². The third-order valence-corrected chi connectivity index (χ3v) is 2.77. The number of likely N-dealkylation sites (N-methyl/N-ethyl adjacent to an activating group) is 1. The zero-order chi connectivity index (χ0) is 11.1. The van der Waals surface area contributed by atoms with E-state index in [0.29, 0.717) is 0 Å². The molecule has 86 valence electrons. The Morgan fingerprint density at radius 3 is 2.93 bits per heavy atom. The number of nitrogens with one attached hydrogen (secondary N) is 1. The third-order valence-electron chi connectivity index (χ3n) is 2.14. The second-order valence-electron chi connectivity index (χ2n) is 4.32. The van der Waals surface area contributed by atoms with Gasteiger partial charge in [-0.05, 0) is 19.5 Å². The van der Waals surface area contributed by atoms with Crippen LogP contribution in [0.25, 0.3) is 0 Å². The van der Waals surface area contributed by atoms with Crippen molar-refractivity contribution in [1.29, 1.82) is 0 Å². The van der Waals surface area contributed by atoms with Gasteiger partial charge in [-0.3, -0.25) is 4.90 Å². The Morgan fingerprint density at radius 1 is 1.53 bits per heavy atom. The Hall–Kier alpha value is -0.450. The number of nitrogens with zero attached hydrogens (tertiary/aromatic N) is 2. The maximum atomic E-state index is 4.27. The highest BCUT2D eigenvalue weighted by atomic mass is 32.1. The zero-order valence-electron chi connectivity index (χ0n) is 9.86. The van der Waals surface area contributed by atoms with Gasteiger partial charge in [-0.25, -0.2) is 4.98 Å². The van der Waals surface area contributed by atoms with E-state index in [-0.39, 0.29) is 0 Å². The molecule has 4 heteroatoms. The molecule has 0 bridgehead atoms. The van der Waals surface area contributed by atoms with Crippen molar-refractivity contribution >= 4 is 11.3 Å². The van der Waals surface area contributed by atoms with Gasteiger partial charge in [0.1, 0.15) is 0 Å². The summed E-state index contributed by atoms with van der Waals surface area (Å²) in [4.78, 5) is 6.56. The van der Waals surface area contributed by atoms with Crippen LogP contribution in [-0.2, 0) is 6.54 Å². The Bertz CT molecular complexity index is 246. The van der Waals surface area contributed by atoms with Crippen LogP contribution in [0.2, 0.25) is 0 Å². The van der Waals surface area contributed by atoms with Gasteiger partial charge < -0.3 is 5.32 Å².